The molecule has 0 atom stereocenters. The van der Waals surface area contributed by atoms with Gasteiger partial charge in [0.05, 0.1) is 12.8 Å². The molecular weight excluding hydrogens is 390 g/mol. The van der Waals surface area contributed by atoms with Crippen LogP contribution < -0.4 is 15.4 Å². The van der Waals surface area contributed by atoms with Crippen LogP contribution >= 0.6 is 0 Å². The number of hydrogen-bond acceptors (Lipinski definition) is 3. The van der Waals surface area contributed by atoms with Crippen molar-refractivity contribution in [2.24, 2.45) is 5.92 Å². The number of anilines is 1. The van der Waals surface area contributed by atoms with Gasteiger partial charge in [-0.05, 0) is 53.8 Å². The number of likely N-dealkylation sites (tertiary alicyclic amines) is 1. The topological polar surface area (TPSA) is 70.7 Å². The first-order valence-electron chi connectivity index (χ1n) is 10.6. The fraction of sp³-hybridized carbons (Fsp3) is 0.280. The lowest BCUT2D eigenvalue weighted by molar-refractivity contribution is 0.0939. The smallest absolute Gasteiger partial charge is 0.321 e. The van der Waals surface area contributed by atoms with Crippen LogP contribution in [0.5, 0.6) is 5.75 Å². The van der Waals surface area contributed by atoms with Gasteiger partial charge in [0.1, 0.15) is 5.75 Å². The molecule has 31 heavy (non-hydrogen) atoms. The molecule has 0 unspecified atom stereocenters. The van der Waals surface area contributed by atoms with E-state index in [1.54, 1.807) is 7.11 Å². The van der Waals surface area contributed by atoms with Gasteiger partial charge in [-0.15, -0.1) is 0 Å². The Morgan fingerprint density at radius 2 is 1.68 bits per heavy atom. The van der Waals surface area contributed by atoms with E-state index in [4.69, 9.17) is 4.74 Å². The molecule has 0 aliphatic carbocycles. The maximum Gasteiger partial charge on any atom is 0.321 e. The maximum absolute atomic E-state index is 12.6. The molecule has 160 valence electrons. The van der Waals surface area contributed by atoms with Crippen molar-refractivity contribution in [2.75, 3.05) is 32.1 Å². The van der Waals surface area contributed by atoms with E-state index in [1.165, 1.54) is 0 Å². The summed E-state index contributed by atoms with van der Waals surface area (Å²) in [5.41, 5.74) is 1.34. The van der Waals surface area contributed by atoms with Crippen LogP contribution in [0.25, 0.3) is 10.8 Å². The number of carbonyl (C=O) groups excluding carboxylic acids is 2. The highest BCUT2D eigenvalue weighted by Gasteiger charge is 2.24. The minimum atomic E-state index is -0.122. The molecule has 3 aromatic carbocycles. The van der Waals surface area contributed by atoms with Crippen molar-refractivity contribution in [2.45, 2.75) is 12.8 Å². The number of ether oxygens (including phenoxy) is 1. The number of urea groups is 1. The van der Waals surface area contributed by atoms with Crippen LogP contribution in [0.4, 0.5) is 10.5 Å². The Morgan fingerprint density at radius 3 is 2.45 bits per heavy atom. The lowest BCUT2D eigenvalue weighted by atomic mass is 9.97. The van der Waals surface area contributed by atoms with Gasteiger partial charge < -0.3 is 20.3 Å². The fourth-order valence-corrected chi connectivity index (χ4v) is 3.95. The van der Waals surface area contributed by atoms with Crippen molar-refractivity contribution < 1.29 is 14.3 Å². The third-order valence-corrected chi connectivity index (χ3v) is 5.81. The van der Waals surface area contributed by atoms with Crippen molar-refractivity contribution in [1.82, 2.24) is 10.2 Å². The number of carbonyl (C=O) groups is 2. The average molecular weight is 418 g/mol. The van der Waals surface area contributed by atoms with Gasteiger partial charge in [-0.1, -0.05) is 42.5 Å². The zero-order valence-electron chi connectivity index (χ0n) is 17.6. The first-order valence-corrected chi connectivity index (χ1v) is 10.6. The van der Waals surface area contributed by atoms with Crippen LogP contribution in [0.2, 0.25) is 0 Å². The highest BCUT2D eigenvalue weighted by Crippen LogP contribution is 2.24. The first-order chi connectivity index (χ1) is 15.1. The molecule has 4 rings (SSSR count). The molecule has 6 heteroatoms. The second kappa shape index (κ2) is 9.51. The molecule has 0 bridgehead atoms. The van der Waals surface area contributed by atoms with Crippen molar-refractivity contribution in [3.63, 3.8) is 0 Å². The maximum atomic E-state index is 12.6. The minimum Gasteiger partial charge on any atom is -0.495 e. The van der Waals surface area contributed by atoms with Crippen LogP contribution in [0, 0.1) is 5.92 Å². The number of piperidine rings is 1. The monoisotopic (exact) mass is 417 g/mol. The van der Waals surface area contributed by atoms with Gasteiger partial charge in [0, 0.05) is 25.2 Å². The van der Waals surface area contributed by atoms with Crippen molar-refractivity contribution in [3.8, 4) is 5.75 Å². The predicted octanol–water partition coefficient (Wildman–Crippen LogP) is 4.52. The van der Waals surface area contributed by atoms with E-state index in [1.807, 2.05) is 71.6 Å². The zero-order chi connectivity index (χ0) is 21.6. The summed E-state index contributed by atoms with van der Waals surface area (Å²) in [6, 6.07) is 21.0. The number of nitrogens with zero attached hydrogens (tertiary/aromatic N) is 1. The van der Waals surface area contributed by atoms with Crippen molar-refractivity contribution >= 4 is 28.4 Å². The second-order valence-electron chi connectivity index (χ2n) is 7.83. The third kappa shape index (κ3) is 4.97. The van der Waals surface area contributed by atoms with Crippen LogP contribution in [0.3, 0.4) is 0 Å². The van der Waals surface area contributed by atoms with E-state index in [0.717, 1.165) is 23.6 Å². The van der Waals surface area contributed by atoms with Gasteiger partial charge in [0.15, 0.2) is 0 Å². The minimum absolute atomic E-state index is 0.0536. The summed E-state index contributed by atoms with van der Waals surface area (Å²) >= 11 is 0. The largest absolute Gasteiger partial charge is 0.495 e. The molecule has 1 saturated heterocycles. The standard InChI is InChI=1S/C25H27N3O3/c1-31-23-9-5-4-8-22(23)27-25(30)28-14-12-18(13-15-28)17-26-24(29)21-11-10-19-6-2-3-7-20(19)16-21/h2-11,16,18H,12-15,17H2,1H3,(H,26,29)(H,27,30). The number of nitrogens with one attached hydrogen (secondary N) is 2. The van der Waals surface area contributed by atoms with Gasteiger partial charge in [-0.25, -0.2) is 4.79 Å². The normalized spacial score (nSPS) is 14.3. The Hall–Kier alpha value is -3.54. The van der Waals surface area contributed by atoms with Gasteiger partial charge in [-0.2, -0.15) is 0 Å². The lowest BCUT2D eigenvalue weighted by Crippen LogP contribution is -2.43. The molecule has 2 N–H and O–H groups in total. The van der Waals surface area contributed by atoms with Gasteiger partial charge in [0.25, 0.3) is 5.91 Å². The lowest BCUT2D eigenvalue weighted by Gasteiger charge is -2.32. The van der Waals surface area contributed by atoms with Crippen molar-refractivity contribution in [3.05, 3.63) is 72.3 Å². The summed E-state index contributed by atoms with van der Waals surface area (Å²) in [6.45, 7) is 1.95. The second-order valence-corrected chi connectivity index (χ2v) is 7.83. The number of hydrogen-bond donors (Lipinski definition) is 2. The molecule has 3 amide bonds. The van der Waals surface area contributed by atoms with Crippen LogP contribution in [-0.2, 0) is 0 Å². The summed E-state index contributed by atoms with van der Waals surface area (Å²) in [5, 5.41) is 8.17. The van der Waals surface area contributed by atoms with Crippen LogP contribution in [0.15, 0.2) is 66.7 Å². The van der Waals surface area contributed by atoms with Gasteiger partial charge >= 0.3 is 6.03 Å². The van der Waals surface area contributed by atoms with E-state index >= 15 is 0 Å². The SMILES string of the molecule is COc1ccccc1NC(=O)N1CCC(CNC(=O)c2ccc3ccccc3c2)CC1. The summed E-state index contributed by atoms with van der Waals surface area (Å²) < 4.78 is 5.29. The molecule has 1 aliphatic heterocycles. The number of methoxy groups -OCH3 is 1. The quantitative estimate of drug-likeness (QED) is 0.641. The fourth-order valence-electron chi connectivity index (χ4n) is 3.95. The molecule has 6 nitrogen and oxygen atoms in total. The highest BCUT2D eigenvalue weighted by atomic mass is 16.5. The summed E-state index contributed by atoms with van der Waals surface area (Å²) in [6.07, 6.45) is 1.72. The molecular formula is C25H27N3O3. The van der Waals surface area contributed by atoms with Crippen molar-refractivity contribution in [1.29, 1.82) is 0 Å². The van der Waals surface area contributed by atoms with E-state index in [9.17, 15) is 9.59 Å². The van der Waals surface area contributed by atoms with E-state index in [2.05, 4.69) is 10.6 Å². The van der Waals surface area contributed by atoms with Crippen LogP contribution in [0.1, 0.15) is 23.2 Å². The van der Waals surface area contributed by atoms with E-state index in [-0.39, 0.29) is 11.9 Å². The Balaban J connectivity index is 1.26. The van der Waals surface area contributed by atoms with Gasteiger partial charge in [0.2, 0.25) is 0 Å². The summed E-state index contributed by atoms with van der Waals surface area (Å²) in [7, 11) is 1.59. The molecule has 1 aliphatic rings. The van der Waals surface area contributed by atoms with Crippen LogP contribution in [-0.4, -0.2) is 43.6 Å². The number of para-hydroxylation sites is 2. The number of fused-ring (bicyclic) bond motifs is 1. The Labute approximate surface area is 182 Å². The zero-order valence-corrected chi connectivity index (χ0v) is 17.6. The predicted molar refractivity (Wildman–Crippen MR) is 123 cm³/mol. The first kappa shape index (κ1) is 20.7. The number of amides is 3. The molecule has 1 fully saturated rings. The average Bonchev–Trinajstić information content (AvgIpc) is 2.82. The van der Waals surface area contributed by atoms with E-state index < -0.39 is 0 Å². The Kier molecular flexibility index (Phi) is 6.36. The molecule has 0 saturated carbocycles. The molecule has 0 spiro atoms. The van der Waals surface area contributed by atoms with Gasteiger partial charge in [-0.3, -0.25) is 4.79 Å². The molecule has 1 heterocycles. The molecule has 0 aromatic heterocycles. The molecule has 3 aromatic rings. The Bertz CT molecular complexity index is 1070. The number of benzene rings is 3. The highest BCUT2D eigenvalue weighted by molar-refractivity contribution is 5.98. The van der Waals surface area contributed by atoms with E-state index in [0.29, 0.717) is 42.6 Å². The third-order valence-electron chi connectivity index (χ3n) is 5.81. The number of rotatable bonds is 5. The summed E-state index contributed by atoms with van der Waals surface area (Å²) in [5.74, 6) is 0.948. The summed E-state index contributed by atoms with van der Waals surface area (Å²) in [4.78, 5) is 27.0. The molecule has 0 radical (unpaired) electrons. The Morgan fingerprint density at radius 1 is 0.968 bits per heavy atom.